The van der Waals surface area contributed by atoms with E-state index >= 15 is 0 Å². The van der Waals surface area contributed by atoms with Crippen LogP contribution in [0.15, 0.2) is 24.4 Å². The molecule has 2 N–H and O–H groups in total. The summed E-state index contributed by atoms with van der Waals surface area (Å²) < 4.78 is 30.5. The van der Waals surface area contributed by atoms with E-state index in [-0.39, 0.29) is 0 Å². The third-order valence-corrected chi connectivity index (χ3v) is 6.30. The zero-order valence-corrected chi connectivity index (χ0v) is 17.9. The highest BCUT2D eigenvalue weighted by Gasteiger charge is 2.22. The number of ether oxygens (including phenoxy) is 1. The molecule has 0 bridgehead atoms. The number of unbranched alkanes of at least 4 members (excludes halogenated alkanes) is 3. The van der Waals surface area contributed by atoms with Crippen molar-refractivity contribution in [3.8, 4) is 5.75 Å². The number of rotatable bonds is 11. The van der Waals surface area contributed by atoms with Crippen LogP contribution >= 0.6 is 0 Å². The molecular weight excluding hydrogens is 374 g/mol. The van der Waals surface area contributed by atoms with Crippen LogP contribution in [0.2, 0.25) is 0 Å². The average molecular weight is 408 g/mol. The molecule has 6 nitrogen and oxygen atoms in total. The van der Waals surface area contributed by atoms with Crippen LogP contribution in [0.25, 0.3) is 10.9 Å². The van der Waals surface area contributed by atoms with E-state index in [2.05, 4.69) is 40.0 Å². The van der Waals surface area contributed by atoms with Crippen LogP contribution in [-0.4, -0.2) is 57.3 Å². The van der Waals surface area contributed by atoms with Gasteiger partial charge in [-0.15, -0.1) is 0 Å². The largest absolute Gasteiger partial charge is 0.494 e. The third-order valence-electron chi connectivity index (χ3n) is 5.57. The molecule has 156 valence electrons. The summed E-state index contributed by atoms with van der Waals surface area (Å²) in [7, 11) is -0.845. The summed E-state index contributed by atoms with van der Waals surface area (Å²) in [4.78, 5) is 5.85. The number of nitrogens with one attached hydrogen (secondary N) is 2. The number of sulfonamides is 1. The molecule has 0 radical (unpaired) electrons. The molecule has 7 heteroatoms. The summed E-state index contributed by atoms with van der Waals surface area (Å²) in [5.41, 5.74) is 2.54. The lowest BCUT2D eigenvalue weighted by atomic mass is 10.0. The Bertz CT molecular complexity index is 863. The molecular formula is C21H33N3O3S. The van der Waals surface area contributed by atoms with Crippen LogP contribution in [0.1, 0.15) is 44.1 Å². The second-order valence-electron chi connectivity index (χ2n) is 7.93. The molecule has 0 spiro atoms. The summed E-state index contributed by atoms with van der Waals surface area (Å²) >= 11 is 0. The maximum atomic E-state index is 11.0. The Morgan fingerprint density at radius 2 is 2.07 bits per heavy atom. The smallest absolute Gasteiger partial charge is 0.208 e. The van der Waals surface area contributed by atoms with Gasteiger partial charge in [0.05, 0.1) is 12.9 Å². The van der Waals surface area contributed by atoms with E-state index < -0.39 is 10.0 Å². The Morgan fingerprint density at radius 1 is 1.25 bits per heavy atom. The van der Waals surface area contributed by atoms with E-state index in [4.69, 9.17) is 4.74 Å². The highest BCUT2D eigenvalue weighted by atomic mass is 32.2. The van der Waals surface area contributed by atoms with Crippen LogP contribution < -0.4 is 9.46 Å². The molecule has 2 aromatic rings. The lowest BCUT2D eigenvalue weighted by Gasteiger charge is -2.18. The lowest BCUT2D eigenvalue weighted by molar-refractivity contribution is 0.305. The summed E-state index contributed by atoms with van der Waals surface area (Å²) in [6.45, 7) is 2.41. The third kappa shape index (κ3) is 6.22. The van der Waals surface area contributed by atoms with Crippen LogP contribution in [-0.2, 0) is 16.4 Å². The summed E-state index contributed by atoms with van der Waals surface area (Å²) in [5, 5.41) is 1.27. The van der Waals surface area contributed by atoms with E-state index in [1.54, 1.807) is 0 Å². The van der Waals surface area contributed by atoms with Crippen LogP contribution in [0, 0.1) is 0 Å². The Kier molecular flexibility index (Phi) is 7.37. The molecule has 1 fully saturated rings. The van der Waals surface area contributed by atoms with Gasteiger partial charge in [-0.25, -0.2) is 13.1 Å². The number of aromatic nitrogens is 1. The minimum absolute atomic E-state index is 0.517. The van der Waals surface area contributed by atoms with Gasteiger partial charge in [0.1, 0.15) is 5.75 Å². The first-order chi connectivity index (χ1) is 13.4. The molecule has 0 saturated carbocycles. The fourth-order valence-electron chi connectivity index (χ4n) is 3.94. The molecule has 28 heavy (non-hydrogen) atoms. The molecule has 1 unspecified atom stereocenters. The van der Waals surface area contributed by atoms with Gasteiger partial charge in [0.2, 0.25) is 10.0 Å². The first-order valence-electron chi connectivity index (χ1n) is 10.3. The van der Waals surface area contributed by atoms with Crippen molar-refractivity contribution in [3.63, 3.8) is 0 Å². The number of nitrogens with zero attached hydrogens (tertiary/aromatic N) is 1. The van der Waals surface area contributed by atoms with E-state index in [0.29, 0.717) is 19.2 Å². The maximum absolute atomic E-state index is 11.0. The normalized spacial score (nSPS) is 18.1. The van der Waals surface area contributed by atoms with Gasteiger partial charge in [0.15, 0.2) is 0 Å². The standard InChI is InChI=1S/C21H33N3O3S/c1-24-12-7-8-18(24)14-17-16-22-21-10-9-19(15-20(17)21)27-13-6-4-3-5-11-23-28(2,25)26/h9-10,15-16,18,22-23H,3-8,11-14H2,1-2H3. The minimum Gasteiger partial charge on any atom is -0.494 e. The molecule has 1 aliphatic rings. The fraction of sp³-hybridized carbons (Fsp3) is 0.619. The van der Waals surface area contributed by atoms with Crippen molar-refractivity contribution < 1.29 is 13.2 Å². The van der Waals surface area contributed by atoms with Crippen molar-refractivity contribution in [2.24, 2.45) is 0 Å². The Labute approximate surface area is 168 Å². The van der Waals surface area contributed by atoms with Crippen molar-refractivity contribution in [1.29, 1.82) is 0 Å². The molecule has 2 heterocycles. The van der Waals surface area contributed by atoms with E-state index in [1.807, 2.05) is 6.07 Å². The first kappa shape index (κ1) is 21.1. The molecule has 1 aromatic carbocycles. The summed E-state index contributed by atoms with van der Waals surface area (Å²) in [6, 6.07) is 6.93. The van der Waals surface area contributed by atoms with E-state index in [1.165, 1.54) is 42.1 Å². The van der Waals surface area contributed by atoms with Gasteiger partial charge < -0.3 is 14.6 Å². The van der Waals surface area contributed by atoms with E-state index in [0.717, 1.165) is 37.9 Å². The summed E-state index contributed by atoms with van der Waals surface area (Å²) in [6.07, 6.45) is 10.9. The minimum atomic E-state index is -3.07. The number of likely N-dealkylation sites (tertiary alicyclic amines) is 1. The molecule has 0 amide bonds. The van der Waals surface area contributed by atoms with Gasteiger partial charge in [-0.2, -0.15) is 0 Å². The number of fused-ring (bicyclic) bond motifs is 1. The predicted molar refractivity (Wildman–Crippen MR) is 114 cm³/mol. The van der Waals surface area contributed by atoms with Crippen molar-refractivity contribution in [2.45, 2.75) is 51.0 Å². The number of H-pyrrole nitrogens is 1. The van der Waals surface area contributed by atoms with Crippen molar-refractivity contribution in [3.05, 3.63) is 30.0 Å². The molecule has 1 saturated heterocycles. The van der Waals surface area contributed by atoms with Gasteiger partial charge in [-0.1, -0.05) is 12.8 Å². The first-order valence-corrected chi connectivity index (χ1v) is 12.2. The van der Waals surface area contributed by atoms with Gasteiger partial charge in [-0.05, 0) is 69.5 Å². The monoisotopic (exact) mass is 407 g/mol. The quantitative estimate of drug-likeness (QED) is 0.561. The van der Waals surface area contributed by atoms with Crippen LogP contribution in [0.4, 0.5) is 0 Å². The predicted octanol–water partition coefficient (Wildman–Crippen LogP) is 3.29. The Hall–Kier alpha value is -1.57. The van der Waals surface area contributed by atoms with Gasteiger partial charge in [0, 0.05) is 29.7 Å². The SMILES string of the molecule is CN1CCCC1Cc1c[nH]c2ccc(OCCCCCCNS(C)(=O)=O)cc12. The van der Waals surface area contributed by atoms with Gasteiger partial charge >= 0.3 is 0 Å². The van der Waals surface area contributed by atoms with E-state index in [9.17, 15) is 8.42 Å². The highest BCUT2D eigenvalue weighted by Crippen LogP contribution is 2.27. The summed E-state index contributed by atoms with van der Waals surface area (Å²) in [5.74, 6) is 0.923. The van der Waals surface area contributed by atoms with Crippen molar-refractivity contribution in [1.82, 2.24) is 14.6 Å². The lowest BCUT2D eigenvalue weighted by Crippen LogP contribution is -2.26. The van der Waals surface area contributed by atoms with Crippen LogP contribution in [0.3, 0.4) is 0 Å². The number of likely N-dealkylation sites (N-methyl/N-ethyl adjacent to an activating group) is 1. The molecule has 1 aliphatic heterocycles. The molecule has 1 aromatic heterocycles. The number of aromatic amines is 1. The topological polar surface area (TPSA) is 74.4 Å². The molecule has 3 rings (SSSR count). The zero-order valence-electron chi connectivity index (χ0n) is 17.0. The van der Waals surface area contributed by atoms with Gasteiger partial charge in [-0.3, -0.25) is 0 Å². The van der Waals surface area contributed by atoms with Gasteiger partial charge in [0.25, 0.3) is 0 Å². The van der Waals surface area contributed by atoms with Crippen molar-refractivity contribution in [2.75, 3.05) is 33.0 Å². The molecule has 1 atom stereocenters. The van der Waals surface area contributed by atoms with Crippen molar-refractivity contribution >= 4 is 20.9 Å². The fourth-order valence-corrected chi connectivity index (χ4v) is 4.45. The number of hydrogen-bond acceptors (Lipinski definition) is 4. The maximum Gasteiger partial charge on any atom is 0.208 e. The zero-order chi connectivity index (χ0) is 20.0. The second kappa shape index (κ2) is 9.76. The Morgan fingerprint density at radius 3 is 2.82 bits per heavy atom. The Balaban J connectivity index is 1.43. The van der Waals surface area contributed by atoms with Crippen LogP contribution in [0.5, 0.6) is 5.75 Å². The highest BCUT2D eigenvalue weighted by molar-refractivity contribution is 7.88. The number of hydrogen-bond donors (Lipinski definition) is 2. The second-order valence-corrected chi connectivity index (χ2v) is 9.76. The molecule has 0 aliphatic carbocycles. The average Bonchev–Trinajstić information content (AvgIpc) is 3.23. The number of benzene rings is 1.